The van der Waals surface area contributed by atoms with Crippen LogP contribution in [0.15, 0.2) is 0 Å². The van der Waals surface area contributed by atoms with Crippen LogP contribution in [0.1, 0.15) is 20.3 Å². The number of carboxylic acids is 1. The van der Waals surface area contributed by atoms with Gasteiger partial charge in [-0.3, -0.25) is 0 Å². The predicted octanol–water partition coefficient (Wildman–Crippen LogP) is 0.526. The van der Waals surface area contributed by atoms with E-state index in [9.17, 15) is 9.59 Å². The fourth-order valence-corrected chi connectivity index (χ4v) is 1.14. The summed E-state index contributed by atoms with van der Waals surface area (Å²) in [5.74, 6) is -1.02. The average molecular weight is 232 g/mol. The SMILES string of the molecule is CC[C@@H](NC(=O)N(C)C(C)COC)C(=O)O. The Balaban J connectivity index is 4.28. The molecule has 0 aromatic rings. The fourth-order valence-electron chi connectivity index (χ4n) is 1.14. The largest absolute Gasteiger partial charge is 0.480 e. The lowest BCUT2D eigenvalue weighted by atomic mass is 10.2. The second-order valence-corrected chi connectivity index (χ2v) is 3.66. The number of hydrogen-bond donors (Lipinski definition) is 2. The normalized spacial score (nSPS) is 14.0. The number of nitrogens with one attached hydrogen (secondary N) is 1. The monoisotopic (exact) mass is 232 g/mol. The number of likely N-dealkylation sites (N-methyl/N-ethyl adjacent to an activating group) is 1. The van der Waals surface area contributed by atoms with Gasteiger partial charge in [0.05, 0.1) is 12.6 Å². The minimum atomic E-state index is -1.02. The van der Waals surface area contributed by atoms with Crippen LogP contribution in [0.25, 0.3) is 0 Å². The van der Waals surface area contributed by atoms with Crippen LogP contribution in [0.5, 0.6) is 0 Å². The number of urea groups is 1. The second-order valence-electron chi connectivity index (χ2n) is 3.66. The first-order valence-corrected chi connectivity index (χ1v) is 5.19. The molecule has 0 aromatic heterocycles. The number of methoxy groups -OCH3 is 1. The molecule has 0 spiro atoms. The first-order chi connectivity index (χ1) is 7.43. The summed E-state index contributed by atoms with van der Waals surface area (Å²) in [6.45, 7) is 3.94. The van der Waals surface area contributed by atoms with Crippen molar-refractivity contribution in [1.82, 2.24) is 10.2 Å². The Hall–Kier alpha value is -1.30. The number of ether oxygens (including phenoxy) is 1. The lowest BCUT2D eigenvalue weighted by Crippen LogP contribution is -2.49. The summed E-state index contributed by atoms with van der Waals surface area (Å²) in [4.78, 5) is 23.8. The molecule has 0 fully saturated rings. The summed E-state index contributed by atoms with van der Waals surface area (Å²) in [6, 6.07) is -1.35. The van der Waals surface area contributed by atoms with Crippen LogP contribution >= 0.6 is 0 Å². The number of carbonyl (C=O) groups is 2. The third-order valence-electron chi connectivity index (χ3n) is 2.39. The summed E-state index contributed by atoms with van der Waals surface area (Å²) >= 11 is 0. The summed E-state index contributed by atoms with van der Waals surface area (Å²) in [6.07, 6.45) is 0.355. The molecule has 6 heteroatoms. The van der Waals surface area contributed by atoms with Crippen molar-refractivity contribution in [1.29, 1.82) is 0 Å². The molecule has 16 heavy (non-hydrogen) atoms. The van der Waals surface area contributed by atoms with Crippen molar-refractivity contribution in [3.8, 4) is 0 Å². The van der Waals surface area contributed by atoms with Crippen molar-refractivity contribution in [3.63, 3.8) is 0 Å². The van der Waals surface area contributed by atoms with Crippen molar-refractivity contribution in [3.05, 3.63) is 0 Å². The summed E-state index contributed by atoms with van der Waals surface area (Å²) < 4.78 is 4.92. The molecule has 0 heterocycles. The minimum Gasteiger partial charge on any atom is -0.480 e. The Morgan fingerprint density at radius 2 is 2.06 bits per heavy atom. The molecule has 0 saturated heterocycles. The quantitative estimate of drug-likeness (QED) is 0.700. The number of aliphatic carboxylic acids is 1. The van der Waals surface area contributed by atoms with Gasteiger partial charge in [-0.15, -0.1) is 0 Å². The van der Waals surface area contributed by atoms with Crippen LogP contribution in [-0.2, 0) is 9.53 Å². The van der Waals surface area contributed by atoms with Crippen LogP contribution in [0.3, 0.4) is 0 Å². The van der Waals surface area contributed by atoms with E-state index in [0.717, 1.165) is 0 Å². The highest BCUT2D eigenvalue weighted by Gasteiger charge is 2.22. The zero-order chi connectivity index (χ0) is 12.7. The van der Waals surface area contributed by atoms with E-state index in [1.807, 2.05) is 6.92 Å². The van der Waals surface area contributed by atoms with Crippen molar-refractivity contribution in [2.75, 3.05) is 20.8 Å². The maximum atomic E-state index is 11.6. The maximum absolute atomic E-state index is 11.6. The highest BCUT2D eigenvalue weighted by atomic mass is 16.5. The molecule has 0 aliphatic carbocycles. The molecular formula is C10H20N2O4. The van der Waals surface area contributed by atoms with E-state index in [1.165, 1.54) is 4.90 Å². The van der Waals surface area contributed by atoms with E-state index in [-0.39, 0.29) is 6.04 Å². The molecule has 0 rings (SSSR count). The molecule has 0 saturated carbocycles. The van der Waals surface area contributed by atoms with Crippen molar-refractivity contribution in [2.24, 2.45) is 0 Å². The number of carboxylic acid groups (broad SMARTS) is 1. The molecular weight excluding hydrogens is 212 g/mol. The Morgan fingerprint density at radius 3 is 2.44 bits per heavy atom. The van der Waals surface area contributed by atoms with Crippen LogP contribution in [0, 0.1) is 0 Å². The van der Waals surface area contributed by atoms with Crippen LogP contribution in [0.2, 0.25) is 0 Å². The van der Waals surface area contributed by atoms with E-state index in [0.29, 0.717) is 13.0 Å². The summed E-state index contributed by atoms with van der Waals surface area (Å²) in [7, 11) is 3.15. The summed E-state index contributed by atoms with van der Waals surface area (Å²) in [5.41, 5.74) is 0. The number of rotatable bonds is 6. The molecule has 0 aromatic carbocycles. The first-order valence-electron chi connectivity index (χ1n) is 5.19. The average Bonchev–Trinajstić information content (AvgIpc) is 2.24. The summed E-state index contributed by atoms with van der Waals surface area (Å²) in [5, 5.41) is 11.2. The van der Waals surface area contributed by atoms with E-state index < -0.39 is 18.0 Å². The molecule has 1 unspecified atom stereocenters. The number of amides is 2. The van der Waals surface area contributed by atoms with Gasteiger partial charge >= 0.3 is 12.0 Å². The molecule has 0 aliphatic heterocycles. The number of hydrogen-bond acceptors (Lipinski definition) is 3. The number of nitrogens with zero attached hydrogens (tertiary/aromatic N) is 1. The van der Waals surface area contributed by atoms with Gasteiger partial charge < -0.3 is 20.1 Å². The van der Waals surface area contributed by atoms with E-state index in [2.05, 4.69) is 5.32 Å². The standard InChI is InChI=1S/C10H20N2O4/c1-5-8(9(13)14)11-10(15)12(3)7(2)6-16-4/h7-8H,5-6H2,1-4H3,(H,11,15)(H,13,14)/t7?,8-/m1/s1. The van der Waals surface area contributed by atoms with Gasteiger partial charge in [-0.2, -0.15) is 0 Å². The molecule has 0 bridgehead atoms. The smallest absolute Gasteiger partial charge is 0.326 e. The topological polar surface area (TPSA) is 78.9 Å². The number of carbonyl (C=O) groups excluding carboxylic acids is 1. The highest BCUT2D eigenvalue weighted by molar-refractivity contribution is 5.82. The Labute approximate surface area is 95.6 Å². The highest BCUT2D eigenvalue weighted by Crippen LogP contribution is 1.99. The van der Waals surface area contributed by atoms with Gasteiger partial charge in [0.1, 0.15) is 6.04 Å². The van der Waals surface area contributed by atoms with Crippen LogP contribution in [0.4, 0.5) is 4.79 Å². The van der Waals surface area contributed by atoms with Crippen molar-refractivity contribution < 1.29 is 19.4 Å². The lowest BCUT2D eigenvalue weighted by Gasteiger charge is -2.26. The van der Waals surface area contributed by atoms with Gasteiger partial charge in [-0.25, -0.2) is 9.59 Å². The molecule has 0 aliphatic rings. The predicted molar refractivity (Wildman–Crippen MR) is 59.3 cm³/mol. The third-order valence-corrected chi connectivity index (χ3v) is 2.39. The van der Waals surface area contributed by atoms with Crippen LogP contribution < -0.4 is 5.32 Å². The van der Waals surface area contributed by atoms with E-state index >= 15 is 0 Å². The van der Waals surface area contributed by atoms with Gasteiger partial charge in [0, 0.05) is 14.2 Å². The van der Waals surface area contributed by atoms with Gasteiger partial charge in [-0.1, -0.05) is 6.92 Å². The molecule has 2 atom stereocenters. The first kappa shape index (κ1) is 14.7. The minimum absolute atomic E-state index is 0.101. The zero-order valence-corrected chi connectivity index (χ0v) is 10.2. The molecule has 94 valence electrons. The van der Waals surface area contributed by atoms with Gasteiger partial charge in [0.2, 0.25) is 0 Å². The Morgan fingerprint density at radius 1 is 1.50 bits per heavy atom. The van der Waals surface area contributed by atoms with Crippen molar-refractivity contribution >= 4 is 12.0 Å². The molecule has 2 amide bonds. The lowest BCUT2D eigenvalue weighted by molar-refractivity contribution is -0.139. The maximum Gasteiger partial charge on any atom is 0.326 e. The van der Waals surface area contributed by atoms with Crippen molar-refractivity contribution in [2.45, 2.75) is 32.4 Å². The fraction of sp³-hybridized carbons (Fsp3) is 0.800. The van der Waals surface area contributed by atoms with E-state index in [4.69, 9.17) is 9.84 Å². The van der Waals surface area contributed by atoms with Gasteiger partial charge in [-0.05, 0) is 13.3 Å². The Bertz CT molecular complexity index is 245. The zero-order valence-electron chi connectivity index (χ0n) is 10.2. The van der Waals surface area contributed by atoms with Gasteiger partial charge in [0.25, 0.3) is 0 Å². The third kappa shape index (κ3) is 4.48. The van der Waals surface area contributed by atoms with Crippen LogP contribution in [-0.4, -0.2) is 54.9 Å². The second kappa shape index (κ2) is 7.05. The molecule has 6 nitrogen and oxygen atoms in total. The Kier molecular flexibility index (Phi) is 6.48. The van der Waals surface area contributed by atoms with Gasteiger partial charge in [0.15, 0.2) is 0 Å². The molecule has 0 radical (unpaired) electrons. The van der Waals surface area contributed by atoms with E-state index in [1.54, 1.807) is 21.1 Å². The molecule has 2 N–H and O–H groups in total.